The molecule has 0 spiro atoms. The van der Waals surface area contributed by atoms with Crippen LogP contribution in [0.3, 0.4) is 0 Å². The van der Waals surface area contributed by atoms with E-state index in [1.165, 1.54) is 0 Å². The van der Waals surface area contributed by atoms with Gasteiger partial charge in [0.1, 0.15) is 11.5 Å². The van der Waals surface area contributed by atoms with Crippen molar-refractivity contribution >= 4 is 11.6 Å². The van der Waals surface area contributed by atoms with Gasteiger partial charge in [-0.2, -0.15) is 0 Å². The predicted octanol–water partition coefficient (Wildman–Crippen LogP) is 2.03. The first-order valence-electron chi connectivity index (χ1n) is 6.55. The molecule has 0 fully saturated rings. The molecule has 0 aromatic heterocycles. The molecule has 5 heteroatoms. The number of rotatable bonds is 8. The van der Waals surface area contributed by atoms with Crippen molar-refractivity contribution in [3.05, 3.63) is 18.2 Å². The summed E-state index contributed by atoms with van der Waals surface area (Å²) in [4.78, 5) is 11.2. The Morgan fingerprint density at radius 1 is 1.21 bits per heavy atom. The van der Waals surface area contributed by atoms with Crippen molar-refractivity contribution in [3.63, 3.8) is 0 Å². The van der Waals surface area contributed by atoms with E-state index in [1.54, 1.807) is 7.05 Å². The number of anilines is 1. The molecule has 0 aliphatic rings. The molecule has 106 valence electrons. The molecule has 1 aromatic rings. The van der Waals surface area contributed by atoms with Crippen molar-refractivity contribution in [1.82, 2.24) is 5.32 Å². The van der Waals surface area contributed by atoms with Crippen molar-refractivity contribution < 1.29 is 14.3 Å². The van der Waals surface area contributed by atoms with E-state index in [4.69, 9.17) is 9.47 Å². The molecule has 1 amide bonds. The fourth-order valence-corrected chi connectivity index (χ4v) is 1.62. The lowest BCUT2D eigenvalue weighted by Gasteiger charge is -2.14. The summed E-state index contributed by atoms with van der Waals surface area (Å²) in [7, 11) is 1.63. The van der Waals surface area contributed by atoms with Gasteiger partial charge in [0.25, 0.3) is 0 Å². The maximum Gasteiger partial charge on any atom is 0.221 e. The Hall–Kier alpha value is -1.91. The summed E-state index contributed by atoms with van der Waals surface area (Å²) in [6.45, 7) is 5.64. The van der Waals surface area contributed by atoms with Crippen LogP contribution in [0.4, 0.5) is 5.69 Å². The minimum atomic E-state index is 0.00595. The molecule has 0 bridgehead atoms. The number of hydrogen-bond donors (Lipinski definition) is 2. The molecule has 0 aliphatic carbocycles. The maximum absolute atomic E-state index is 11.2. The molecule has 0 heterocycles. The average Bonchev–Trinajstić information content (AvgIpc) is 2.41. The van der Waals surface area contributed by atoms with E-state index >= 15 is 0 Å². The molecule has 2 N–H and O–H groups in total. The molecular formula is C14H22N2O3. The maximum atomic E-state index is 11.2. The second-order valence-corrected chi connectivity index (χ2v) is 3.87. The van der Waals surface area contributed by atoms with Gasteiger partial charge in [0.15, 0.2) is 0 Å². The van der Waals surface area contributed by atoms with Gasteiger partial charge < -0.3 is 20.1 Å². The average molecular weight is 266 g/mol. The standard InChI is InChI=1S/C14H22N2O3/c1-4-18-11-6-7-13(19-5-2)12(10-11)16-9-8-14(17)15-3/h6-7,10,16H,4-5,8-9H2,1-3H3,(H,15,17). The van der Waals surface area contributed by atoms with Crippen LogP contribution in [0.1, 0.15) is 20.3 Å². The largest absolute Gasteiger partial charge is 0.494 e. The van der Waals surface area contributed by atoms with Crippen LogP contribution in [0.25, 0.3) is 0 Å². The Kier molecular flexibility index (Phi) is 6.57. The monoisotopic (exact) mass is 266 g/mol. The molecule has 1 rings (SSSR count). The van der Waals surface area contributed by atoms with Gasteiger partial charge in [-0.1, -0.05) is 0 Å². The SMILES string of the molecule is CCOc1ccc(OCC)c(NCCC(=O)NC)c1. The number of nitrogens with one attached hydrogen (secondary N) is 2. The molecule has 0 saturated heterocycles. The molecule has 0 saturated carbocycles. The molecular weight excluding hydrogens is 244 g/mol. The highest BCUT2D eigenvalue weighted by Crippen LogP contribution is 2.29. The quantitative estimate of drug-likeness (QED) is 0.756. The fraction of sp³-hybridized carbons (Fsp3) is 0.500. The summed E-state index contributed by atoms with van der Waals surface area (Å²) >= 11 is 0. The van der Waals surface area contributed by atoms with Crippen LogP contribution in [0, 0.1) is 0 Å². The molecule has 0 unspecified atom stereocenters. The lowest BCUT2D eigenvalue weighted by Crippen LogP contribution is -2.20. The van der Waals surface area contributed by atoms with Gasteiger partial charge in [-0.05, 0) is 26.0 Å². The first-order chi connectivity index (χ1) is 9.21. The van der Waals surface area contributed by atoms with Gasteiger partial charge >= 0.3 is 0 Å². The van der Waals surface area contributed by atoms with Gasteiger partial charge in [0, 0.05) is 26.1 Å². The summed E-state index contributed by atoms with van der Waals surface area (Å²) in [5, 5.41) is 5.78. The summed E-state index contributed by atoms with van der Waals surface area (Å²) in [5.41, 5.74) is 0.844. The van der Waals surface area contributed by atoms with E-state index in [0.29, 0.717) is 26.2 Å². The number of carbonyl (C=O) groups is 1. The third kappa shape index (κ3) is 5.07. The number of benzene rings is 1. The summed E-state index contributed by atoms with van der Waals surface area (Å²) < 4.78 is 11.0. The third-order valence-corrected chi connectivity index (χ3v) is 2.51. The van der Waals surface area contributed by atoms with Crippen LogP contribution in [0.15, 0.2) is 18.2 Å². The lowest BCUT2D eigenvalue weighted by molar-refractivity contribution is -0.120. The Bertz CT molecular complexity index is 408. The van der Waals surface area contributed by atoms with Gasteiger partial charge in [-0.25, -0.2) is 0 Å². The van der Waals surface area contributed by atoms with E-state index in [1.807, 2.05) is 32.0 Å². The van der Waals surface area contributed by atoms with Crippen LogP contribution >= 0.6 is 0 Å². The normalized spacial score (nSPS) is 9.84. The van der Waals surface area contributed by atoms with Gasteiger partial charge in [-0.3, -0.25) is 4.79 Å². The number of hydrogen-bond acceptors (Lipinski definition) is 4. The van der Waals surface area contributed by atoms with Gasteiger partial charge in [0.05, 0.1) is 18.9 Å². The highest BCUT2D eigenvalue weighted by molar-refractivity contribution is 5.76. The molecule has 5 nitrogen and oxygen atoms in total. The minimum absolute atomic E-state index is 0.00595. The smallest absolute Gasteiger partial charge is 0.221 e. The Morgan fingerprint density at radius 2 is 1.95 bits per heavy atom. The molecule has 19 heavy (non-hydrogen) atoms. The van der Waals surface area contributed by atoms with Crippen LogP contribution in [0.5, 0.6) is 11.5 Å². The van der Waals surface area contributed by atoms with Crippen molar-refractivity contribution in [3.8, 4) is 11.5 Å². The number of ether oxygens (including phenoxy) is 2. The number of amides is 1. The van der Waals surface area contributed by atoms with Gasteiger partial charge in [-0.15, -0.1) is 0 Å². The van der Waals surface area contributed by atoms with E-state index in [2.05, 4.69) is 10.6 Å². The van der Waals surface area contributed by atoms with Crippen molar-refractivity contribution in [2.45, 2.75) is 20.3 Å². The first-order valence-corrected chi connectivity index (χ1v) is 6.55. The predicted molar refractivity (Wildman–Crippen MR) is 76.0 cm³/mol. The Morgan fingerprint density at radius 3 is 2.58 bits per heavy atom. The van der Waals surface area contributed by atoms with E-state index in [9.17, 15) is 4.79 Å². The second-order valence-electron chi connectivity index (χ2n) is 3.87. The van der Waals surface area contributed by atoms with Crippen molar-refractivity contribution in [2.75, 3.05) is 32.1 Å². The Labute approximate surface area is 114 Å². The Balaban J connectivity index is 2.70. The number of carbonyl (C=O) groups excluding carboxylic acids is 1. The highest BCUT2D eigenvalue weighted by atomic mass is 16.5. The van der Waals surface area contributed by atoms with Crippen LogP contribution in [-0.4, -0.2) is 32.7 Å². The second kappa shape index (κ2) is 8.24. The van der Waals surface area contributed by atoms with Crippen LogP contribution < -0.4 is 20.1 Å². The van der Waals surface area contributed by atoms with Crippen molar-refractivity contribution in [1.29, 1.82) is 0 Å². The van der Waals surface area contributed by atoms with E-state index in [-0.39, 0.29) is 5.91 Å². The molecule has 1 aromatic carbocycles. The van der Waals surface area contributed by atoms with Gasteiger partial charge in [0.2, 0.25) is 5.91 Å². The van der Waals surface area contributed by atoms with E-state index < -0.39 is 0 Å². The molecule has 0 radical (unpaired) electrons. The lowest BCUT2D eigenvalue weighted by atomic mass is 10.2. The van der Waals surface area contributed by atoms with Crippen LogP contribution in [-0.2, 0) is 4.79 Å². The molecule has 0 aliphatic heterocycles. The fourth-order valence-electron chi connectivity index (χ4n) is 1.62. The summed E-state index contributed by atoms with van der Waals surface area (Å²) in [5.74, 6) is 1.56. The minimum Gasteiger partial charge on any atom is -0.494 e. The summed E-state index contributed by atoms with van der Waals surface area (Å²) in [6, 6.07) is 5.63. The zero-order valence-corrected chi connectivity index (χ0v) is 11.8. The van der Waals surface area contributed by atoms with E-state index in [0.717, 1.165) is 17.2 Å². The zero-order chi connectivity index (χ0) is 14.1. The topological polar surface area (TPSA) is 59.6 Å². The third-order valence-electron chi connectivity index (χ3n) is 2.51. The molecule has 0 atom stereocenters. The van der Waals surface area contributed by atoms with Crippen molar-refractivity contribution in [2.24, 2.45) is 0 Å². The highest BCUT2D eigenvalue weighted by Gasteiger charge is 2.06. The first kappa shape index (κ1) is 15.1. The summed E-state index contributed by atoms with van der Waals surface area (Å²) in [6.07, 6.45) is 0.418. The van der Waals surface area contributed by atoms with Crippen LogP contribution in [0.2, 0.25) is 0 Å². The zero-order valence-electron chi connectivity index (χ0n) is 11.8.